The molecular weight excluding hydrogens is 286 g/mol. The van der Waals surface area contributed by atoms with Crippen LogP contribution in [0.2, 0.25) is 5.02 Å². The van der Waals surface area contributed by atoms with Crippen molar-refractivity contribution in [2.45, 2.75) is 24.8 Å². The number of nitrogens with zero attached hydrogens (tertiary/aromatic N) is 1. The van der Waals surface area contributed by atoms with E-state index in [-0.39, 0.29) is 17.9 Å². The highest BCUT2D eigenvalue weighted by Crippen LogP contribution is 2.36. The lowest BCUT2D eigenvalue weighted by Crippen LogP contribution is -2.33. The quantitative estimate of drug-likeness (QED) is 0.879. The minimum atomic E-state index is -0.278. The fraction of sp³-hybridized carbons (Fsp3) is 0.235. The van der Waals surface area contributed by atoms with Crippen molar-refractivity contribution in [3.8, 4) is 0 Å². The number of hydrogen-bond donors (Lipinski definition) is 1. The Kier molecular flexibility index (Phi) is 3.95. The molecule has 2 aromatic carbocycles. The Balaban J connectivity index is 1.90. The maximum absolute atomic E-state index is 11.9. The van der Waals surface area contributed by atoms with Crippen LogP contribution in [0.25, 0.3) is 0 Å². The Morgan fingerprint density at radius 3 is 2.48 bits per heavy atom. The molecule has 1 aliphatic heterocycles. The van der Waals surface area contributed by atoms with E-state index in [2.05, 4.69) is 0 Å². The van der Waals surface area contributed by atoms with Crippen molar-refractivity contribution in [2.24, 2.45) is 0 Å². The van der Waals surface area contributed by atoms with Gasteiger partial charge in [0.2, 0.25) is 5.91 Å². The van der Waals surface area contributed by atoms with Crippen molar-refractivity contribution in [3.05, 3.63) is 70.7 Å². The van der Waals surface area contributed by atoms with Crippen LogP contribution >= 0.6 is 11.6 Å². The van der Waals surface area contributed by atoms with Crippen molar-refractivity contribution in [3.63, 3.8) is 0 Å². The summed E-state index contributed by atoms with van der Waals surface area (Å²) < 4.78 is 0. The molecule has 3 rings (SSSR count). The normalized spacial score (nSPS) is 21.8. The summed E-state index contributed by atoms with van der Waals surface area (Å²) in [6, 6.07) is 17.1. The van der Waals surface area contributed by atoms with E-state index in [0.717, 1.165) is 16.2 Å². The largest absolute Gasteiger partial charge is 0.286 e. The van der Waals surface area contributed by atoms with Gasteiger partial charge < -0.3 is 0 Å². The van der Waals surface area contributed by atoms with Gasteiger partial charge in [-0.15, -0.1) is 0 Å². The molecule has 0 aromatic heterocycles. The van der Waals surface area contributed by atoms with E-state index in [1.54, 1.807) is 0 Å². The maximum atomic E-state index is 11.9. The molecule has 2 aromatic rings. The number of benzene rings is 2. The summed E-state index contributed by atoms with van der Waals surface area (Å²) in [5.41, 5.74) is 2.01. The number of carbonyl (C=O) groups excluding carboxylic acids is 1. The Morgan fingerprint density at radius 1 is 1.10 bits per heavy atom. The summed E-state index contributed by atoms with van der Waals surface area (Å²) in [6.07, 6.45) is 0.872. The average Bonchev–Trinajstić information content (AvgIpc) is 2.79. The molecule has 0 radical (unpaired) electrons. The molecule has 1 fully saturated rings. The monoisotopic (exact) mass is 301 g/mol. The summed E-state index contributed by atoms with van der Waals surface area (Å²) in [5.74, 6) is -0.249. The third-order valence-electron chi connectivity index (χ3n) is 4.04. The van der Waals surface area contributed by atoms with E-state index in [9.17, 15) is 10.0 Å². The van der Waals surface area contributed by atoms with Gasteiger partial charge in [-0.05, 0) is 23.6 Å². The Labute approximate surface area is 128 Å². The van der Waals surface area contributed by atoms with Crippen molar-refractivity contribution in [1.82, 2.24) is 5.06 Å². The van der Waals surface area contributed by atoms with E-state index in [0.29, 0.717) is 17.9 Å². The first-order valence-electron chi connectivity index (χ1n) is 6.96. The van der Waals surface area contributed by atoms with Crippen LogP contribution in [0.1, 0.15) is 23.5 Å². The standard InChI is InChI=1S/C17H16ClNO2/c18-15-9-5-4-8-13(15)10-16-14(11-17(20)19(16)21)12-6-2-1-3-7-12/h1-9,14,16,21H,10-11H2/t14-,16-/m0/s1. The molecule has 1 amide bonds. The minimum absolute atomic E-state index is 0.0139. The third kappa shape index (κ3) is 2.80. The number of hydroxylamine groups is 2. The second-order valence-corrected chi connectivity index (χ2v) is 5.73. The van der Waals surface area contributed by atoms with Gasteiger partial charge in [-0.1, -0.05) is 60.1 Å². The van der Waals surface area contributed by atoms with Crippen molar-refractivity contribution < 1.29 is 10.0 Å². The SMILES string of the molecule is O=C1C[C@@H](c2ccccc2)[C@H](Cc2ccccc2Cl)N1O. The zero-order chi connectivity index (χ0) is 14.8. The lowest BCUT2D eigenvalue weighted by Gasteiger charge is -2.24. The number of carbonyl (C=O) groups is 1. The molecule has 4 heteroatoms. The first kappa shape index (κ1) is 14.1. The van der Waals surface area contributed by atoms with E-state index in [1.165, 1.54) is 0 Å². The van der Waals surface area contributed by atoms with Crippen LogP contribution < -0.4 is 0 Å². The molecule has 0 spiro atoms. The van der Waals surface area contributed by atoms with Gasteiger partial charge in [0.1, 0.15) is 0 Å². The Morgan fingerprint density at radius 2 is 1.76 bits per heavy atom. The van der Waals surface area contributed by atoms with Crippen LogP contribution in [0.4, 0.5) is 0 Å². The molecule has 0 unspecified atom stereocenters. The number of hydrogen-bond acceptors (Lipinski definition) is 2. The average molecular weight is 302 g/mol. The first-order chi connectivity index (χ1) is 10.2. The number of halogens is 1. The van der Waals surface area contributed by atoms with Crippen LogP contribution in [0, 0.1) is 0 Å². The predicted octanol–water partition coefficient (Wildman–Crippen LogP) is 3.66. The van der Waals surface area contributed by atoms with Crippen molar-refractivity contribution in [1.29, 1.82) is 0 Å². The molecule has 3 nitrogen and oxygen atoms in total. The zero-order valence-corrected chi connectivity index (χ0v) is 12.2. The summed E-state index contributed by atoms with van der Waals surface area (Å²) in [4.78, 5) is 11.9. The molecule has 1 aliphatic rings. The van der Waals surface area contributed by atoms with Crippen LogP contribution in [0.3, 0.4) is 0 Å². The molecule has 0 saturated carbocycles. The van der Waals surface area contributed by atoms with Gasteiger partial charge >= 0.3 is 0 Å². The lowest BCUT2D eigenvalue weighted by atomic mass is 9.88. The second-order valence-electron chi connectivity index (χ2n) is 5.32. The number of amides is 1. The fourth-order valence-electron chi connectivity index (χ4n) is 2.93. The van der Waals surface area contributed by atoms with E-state index >= 15 is 0 Å². The summed E-state index contributed by atoms with van der Waals surface area (Å²) in [6.45, 7) is 0. The molecule has 21 heavy (non-hydrogen) atoms. The van der Waals surface area contributed by atoms with Gasteiger partial charge in [0.25, 0.3) is 0 Å². The van der Waals surface area contributed by atoms with Gasteiger partial charge in [0.15, 0.2) is 0 Å². The number of rotatable bonds is 3. The molecule has 1 N–H and O–H groups in total. The Hall–Kier alpha value is -1.84. The van der Waals surface area contributed by atoms with Gasteiger partial charge in [0, 0.05) is 17.4 Å². The summed E-state index contributed by atoms with van der Waals surface area (Å²) in [5, 5.41) is 11.6. The molecule has 1 heterocycles. The fourth-order valence-corrected chi connectivity index (χ4v) is 3.14. The highest BCUT2D eigenvalue weighted by atomic mass is 35.5. The highest BCUT2D eigenvalue weighted by Gasteiger charge is 2.40. The minimum Gasteiger partial charge on any atom is -0.286 e. The lowest BCUT2D eigenvalue weighted by molar-refractivity contribution is -0.165. The van der Waals surface area contributed by atoms with E-state index < -0.39 is 0 Å². The molecule has 1 saturated heterocycles. The van der Waals surface area contributed by atoms with Crippen molar-refractivity contribution >= 4 is 17.5 Å². The van der Waals surface area contributed by atoms with Gasteiger partial charge in [-0.2, -0.15) is 0 Å². The van der Waals surface area contributed by atoms with Crippen molar-refractivity contribution in [2.75, 3.05) is 0 Å². The molecule has 0 bridgehead atoms. The summed E-state index contributed by atoms with van der Waals surface area (Å²) >= 11 is 6.20. The molecule has 2 atom stereocenters. The summed E-state index contributed by atoms with van der Waals surface area (Å²) in [7, 11) is 0. The van der Waals surface area contributed by atoms with Crippen LogP contribution in [0.5, 0.6) is 0 Å². The molecule has 108 valence electrons. The van der Waals surface area contributed by atoms with E-state index in [1.807, 2.05) is 54.6 Å². The Bertz CT molecular complexity index is 644. The zero-order valence-electron chi connectivity index (χ0n) is 11.4. The molecular formula is C17H16ClNO2. The van der Waals surface area contributed by atoms with Crippen LogP contribution in [-0.2, 0) is 11.2 Å². The molecule has 0 aliphatic carbocycles. The topological polar surface area (TPSA) is 40.5 Å². The van der Waals surface area contributed by atoms with Gasteiger partial charge in [-0.3, -0.25) is 10.0 Å². The highest BCUT2D eigenvalue weighted by molar-refractivity contribution is 6.31. The van der Waals surface area contributed by atoms with Crippen LogP contribution in [-0.4, -0.2) is 22.2 Å². The van der Waals surface area contributed by atoms with Gasteiger partial charge in [-0.25, -0.2) is 5.06 Å². The maximum Gasteiger partial charge on any atom is 0.246 e. The smallest absolute Gasteiger partial charge is 0.246 e. The predicted molar refractivity (Wildman–Crippen MR) is 81.4 cm³/mol. The third-order valence-corrected chi connectivity index (χ3v) is 4.41. The van der Waals surface area contributed by atoms with Gasteiger partial charge in [0.05, 0.1) is 6.04 Å². The van der Waals surface area contributed by atoms with Crippen LogP contribution in [0.15, 0.2) is 54.6 Å². The van der Waals surface area contributed by atoms with E-state index in [4.69, 9.17) is 11.6 Å². The second kappa shape index (κ2) is 5.88. The first-order valence-corrected chi connectivity index (χ1v) is 7.34.